The second-order valence-electron chi connectivity index (χ2n) is 4.47. The van der Waals surface area contributed by atoms with E-state index in [0.29, 0.717) is 5.69 Å². The molecule has 2 rings (SSSR count). The van der Waals surface area contributed by atoms with Crippen LogP contribution < -0.4 is 10.2 Å². The van der Waals surface area contributed by atoms with Gasteiger partial charge >= 0.3 is 6.03 Å². The second kappa shape index (κ2) is 5.17. The van der Waals surface area contributed by atoms with Crippen LogP contribution in [0.3, 0.4) is 0 Å². The van der Waals surface area contributed by atoms with Crippen LogP contribution in [0.2, 0.25) is 0 Å². The zero-order valence-corrected chi connectivity index (χ0v) is 9.95. The zero-order valence-electron chi connectivity index (χ0n) is 9.95. The lowest BCUT2D eigenvalue weighted by Crippen LogP contribution is -2.42. The van der Waals surface area contributed by atoms with Gasteiger partial charge in [-0.05, 0) is 31.0 Å². The second-order valence-corrected chi connectivity index (χ2v) is 4.47. The maximum absolute atomic E-state index is 13.0. The Balaban J connectivity index is 1.98. The van der Waals surface area contributed by atoms with Crippen molar-refractivity contribution in [1.29, 1.82) is 0 Å². The molecule has 0 heterocycles. The quantitative estimate of drug-likeness (QED) is 0.841. The number of carbonyl (C=O) groups is 1. The Labute approximate surface area is 101 Å². The third kappa shape index (κ3) is 2.96. The maximum Gasteiger partial charge on any atom is 0.321 e. The van der Waals surface area contributed by atoms with Crippen molar-refractivity contribution < 1.29 is 9.18 Å². The van der Waals surface area contributed by atoms with Crippen LogP contribution in [-0.4, -0.2) is 19.1 Å². The Morgan fingerprint density at radius 3 is 2.76 bits per heavy atom. The smallest absolute Gasteiger partial charge is 0.321 e. The summed E-state index contributed by atoms with van der Waals surface area (Å²) >= 11 is 0. The van der Waals surface area contributed by atoms with Crippen molar-refractivity contribution in [2.24, 2.45) is 0 Å². The molecule has 1 aromatic rings. The lowest BCUT2D eigenvalue weighted by Gasteiger charge is -2.21. The molecule has 0 spiro atoms. The van der Waals surface area contributed by atoms with Gasteiger partial charge < -0.3 is 5.32 Å². The van der Waals surface area contributed by atoms with Gasteiger partial charge in [-0.1, -0.05) is 18.9 Å². The molecule has 0 bridgehead atoms. The highest BCUT2D eigenvalue weighted by Crippen LogP contribution is 2.19. The number of urea groups is 1. The molecule has 1 aliphatic carbocycles. The van der Waals surface area contributed by atoms with Crippen LogP contribution >= 0.6 is 0 Å². The maximum atomic E-state index is 13.0. The normalized spacial score (nSPS) is 15.9. The lowest BCUT2D eigenvalue weighted by molar-refractivity contribution is 0.244. The minimum absolute atomic E-state index is 0.164. The van der Waals surface area contributed by atoms with Crippen LogP contribution in [0.4, 0.5) is 14.9 Å². The molecule has 1 aromatic carbocycles. The van der Waals surface area contributed by atoms with Crippen LogP contribution in [0.5, 0.6) is 0 Å². The Morgan fingerprint density at radius 2 is 2.12 bits per heavy atom. The Morgan fingerprint density at radius 1 is 1.41 bits per heavy atom. The molecule has 1 saturated carbocycles. The lowest BCUT2D eigenvalue weighted by atomic mass is 10.2. The van der Waals surface area contributed by atoms with E-state index in [1.165, 1.54) is 29.9 Å². The van der Waals surface area contributed by atoms with Gasteiger partial charge in [-0.15, -0.1) is 0 Å². The molecule has 92 valence electrons. The summed E-state index contributed by atoms with van der Waals surface area (Å²) in [6.07, 6.45) is 4.44. The number of anilines is 1. The average Bonchev–Trinajstić information content (AvgIpc) is 2.80. The topological polar surface area (TPSA) is 32.3 Å². The molecule has 1 aliphatic rings. The van der Waals surface area contributed by atoms with Crippen LogP contribution in [0.25, 0.3) is 0 Å². The minimum atomic E-state index is -0.331. The van der Waals surface area contributed by atoms with Crippen LogP contribution in [0.1, 0.15) is 25.7 Å². The van der Waals surface area contributed by atoms with Gasteiger partial charge in [0.1, 0.15) is 5.82 Å². The number of carbonyl (C=O) groups excluding carboxylic acids is 1. The molecule has 1 N–H and O–H groups in total. The van der Waals surface area contributed by atoms with E-state index >= 15 is 0 Å². The first kappa shape index (κ1) is 11.9. The van der Waals surface area contributed by atoms with Crippen molar-refractivity contribution >= 4 is 11.7 Å². The summed E-state index contributed by atoms with van der Waals surface area (Å²) in [5.41, 5.74) is 0.570. The first-order chi connectivity index (χ1) is 8.16. The van der Waals surface area contributed by atoms with E-state index in [1.807, 2.05) is 0 Å². The van der Waals surface area contributed by atoms with E-state index in [1.54, 1.807) is 19.2 Å². The number of nitrogens with zero attached hydrogens (tertiary/aromatic N) is 1. The SMILES string of the molecule is CN(C(=O)NC1CCCC1)c1cccc(F)c1. The number of rotatable bonds is 2. The first-order valence-corrected chi connectivity index (χ1v) is 5.96. The van der Waals surface area contributed by atoms with Gasteiger partial charge in [-0.3, -0.25) is 4.90 Å². The Bertz CT molecular complexity index is 402. The predicted octanol–water partition coefficient (Wildman–Crippen LogP) is 2.91. The van der Waals surface area contributed by atoms with E-state index in [9.17, 15) is 9.18 Å². The highest BCUT2D eigenvalue weighted by Gasteiger charge is 2.19. The fourth-order valence-corrected chi connectivity index (χ4v) is 2.14. The molecule has 0 saturated heterocycles. The average molecular weight is 236 g/mol. The van der Waals surface area contributed by atoms with Gasteiger partial charge in [0.2, 0.25) is 0 Å². The monoisotopic (exact) mass is 236 g/mol. The molecule has 3 nitrogen and oxygen atoms in total. The summed E-state index contributed by atoms with van der Waals surface area (Å²) in [6, 6.07) is 6.16. The molecule has 0 atom stereocenters. The zero-order chi connectivity index (χ0) is 12.3. The van der Waals surface area contributed by atoms with Gasteiger partial charge in [0, 0.05) is 18.8 Å². The number of hydrogen-bond donors (Lipinski definition) is 1. The third-order valence-corrected chi connectivity index (χ3v) is 3.18. The summed E-state index contributed by atoms with van der Waals surface area (Å²) in [7, 11) is 1.65. The van der Waals surface area contributed by atoms with Gasteiger partial charge in [0.25, 0.3) is 0 Å². The number of hydrogen-bond acceptors (Lipinski definition) is 1. The van der Waals surface area contributed by atoms with Crippen molar-refractivity contribution in [3.63, 3.8) is 0 Å². The highest BCUT2D eigenvalue weighted by molar-refractivity contribution is 5.91. The molecular weight excluding hydrogens is 219 g/mol. The van der Waals surface area contributed by atoms with Gasteiger partial charge in [0.05, 0.1) is 0 Å². The number of halogens is 1. The van der Waals surface area contributed by atoms with Crippen LogP contribution in [0, 0.1) is 5.82 Å². The Kier molecular flexibility index (Phi) is 3.61. The predicted molar refractivity (Wildman–Crippen MR) is 65.6 cm³/mol. The van der Waals surface area contributed by atoms with Crippen molar-refractivity contribution in [3.8, 4) is 0 Å². The standard InChI is InChI=1S/C13H17FN2O/c1-16(12-8-4-5-10(14)9-12)13(17)15-11-6-2-3-7-11/h4-5,8-9,11H,2-3,6-7H2,1H3,(H,15,17). The summed E-state index contributed by atoms with van der Waals surface area (Å²) in [5, 5.41) is 2.96. The van der Waals surface area contributed by atoms with Crippen molar-refractivity contribution in [1.82, 2.24) is 5.32 Å². The molecule has 0 aromatic heterocycles. The van der Waals surface area contributed by atoms with Crippen molar-refractivity contribution in [2.45, 2.75) is 31.7 Å². The number of nitrogens with one attached hydrogen (secondary N) is 1. The van der Waals surface area contributed by atoms with Crippen molar-refractivity contribution in [2.75, 3.05) is 11.9 Å². The van der Waals surface area contributed by atoms with Gasteiger partial charge in [-0.25, -0.2) is 9.18 Å². The summed E-state index contributed by atoms with van der Waals surface area (Å²) in [5.74, 6) is -0.331. The van der Waals surface area contributed by atoms with Crippen LogP contribution in [0.15, 0.2) is 24.3 Å². The molecule has 2 amide bonds. The Hall–Kier alpha value is -1.58. The fraction of sp³-hybridized carbons (Fsp3) is 0.462. The molecule has 1 fully saturated rings. The molecule has 4 heteroatoms. The van der Waals surface area contributed by atoms with E-state index in [0.717, 1.165) is 12.8 Å². The van der Waals surface area contributed by atoms with Crippen molar-refractivity contribution in [3.05, 3.63) is 30.1 Å². The summed E-state index contributed by atoms with van der Waals surface area (Å²) in [6.45, 7) is 0. The number of amides is 2. The van der Waals surface area contributed by atoms with E-state index in [2.05, 4.69) is 5.32 Å². The summed E-state index contributed by atoms with van der Waals surface area (Å²) in [4.78, 5) is 13.3. The largest absolute Gasteiger partial charge is 0.335 e. The first-order valence-electron chi connectivity index (χ1n) is 5.96. The molecule has 0 aliphatic heterocycles. The van der Waals surface area contributed by atoms with Gasteiger partial charge in [0.15, 0.2) is 0 Å². The third-order valence-electron chi connectivity index (χ3n) is 3.18. The van der Waals surface area contributed by atoms with E-state index in [4.69, 9.17) is 0 Å². The minimum Gasteiger partial charge on any atom is -0.335 e. The molecule has 17 heavy (non-hydrogen) atoms. The van der Waals surface area contributed by atoms with E-state index in [-0.39, 0.29) is 17.9 Å². The molecule has 0 unspecified atom stereocenters. The highest BCUT2D eigenvalue weighted by atomic mass is 19.1. The molecule has 0 radical (unpaired) electrons. The van der Waals surface area contributed by atoms with Crippen LogP contribution in [-0.2, 0) is 0 Å². The van der Waals surface area contributed by atoms with Gasteiger partial charge in [-0.2, -0.15) is 0 Å². The fourth-order valence-electron chi connectivity index (χ4n) is 2.14. The summed E-state index contributed by atoms with van der Waals surface area (Å²) < 4.78 is 13.0. The van der Waals surface area contributed by atoms with E-state index < -0.39 is 0 Å². The molecular formula is C13H17FN2O. The number of benzene rings is 1.